The number of cyclic esters (lactones) is 1. The van der Waals surface area contributed by atoms with Gasteiger partial charge in [0.25, 0.3) is 0 Å². The number of Topliss-reactive ketones (excluding diaryl/α,β-unsaturated/α-hetero) is 1. The monoisotopic (exact) mass is 642 g/mol. The highest BCUT2D eigenvalue weighted by molar-refractivity contribution is 6.04. The largest absolute Gasteiger partial charge is 0.463 e. The molecule has 1 unspecified atom stereocenters. The SMILES string of the molecule is CO[C@]1(C)C[C@@H](C)CN(C)[C@@H](C2CN(C(O)CN(C)C)C2)COC(=O)C(C)(C)C(=O)[C@H](C)[C@H]1O[C@@H]1O[C@H](C)C[C@H](N(C)C)[C@H]1O. The van der Waals surface area contributed by atoms with E-state index in [1.807, 2.05) is 63.8 Å². The summed E-state index contributed by atoms with van der Waals surface area (Å²) in [7, 11) is 11.4. The number of aliphatic hydroxyl groups is 2. The molecule has 3 heterocycles. The van der Waals surface area contributed by atoms with Crippen LogP contribution in [0.1, 0.15) is 54.4 Å². The fourth-order valence-electron chi connectivity index (χ4n) is 7.54. The highest BCUT2D eigenvalue weighted by Crippen LogP contribution is 2.38. The lowest BCUT2D eigenvalue weighted by atomic mass is 9.74. The molecule has 3 aliphatic rings. The Labute approximate surface area is 271 Å². The van der Waals surface area contributed by atoms with Gasteiger partial charge in [-0.1, -0.05) is 13.8 Å². The first kappa shape index (κ1) is 38.2. The molecule has 12 nitrogen and oxygen atoms in total. The standard InChI is InChI=1S/C33H62N4O8/c1-20-14-33(6,42-12)29(45-30-27(39)24(35(9)10)13-21(2)44-30)22(3)28(40)32(4,5)31(41)43-19-25(36(11)15-20)23-16-37(17-23)26(38)18-34(7)8/h20-27,29-30,38-39H,13-19H2,1-12H3/t20-,21-,22+,24+,25-,26?,27-,29-,30+,33-/m1/s1. The van der Waals surface area contributed by atoms with Gasteiger partial charge in [-0.3, -0.25) is 19.4 Å². The normalized spacial score (nSPS) is 39.1. The Balaban J connectivity index is 1.92. The fraction of sp³-hybridized carbons (Fsp3) is 0.939. The molecule has 0 aromatic heterocycles. The van der Waals surface area contributed by atoms with E-state index in [-0.39, 0.29) is 42.4 Å². The maximum absolute atomic E-state index is 14.2. The van der Waals surface area contributed by atoms with Crippen LogP contribution in [0.2, 0.25) is 0 Å². The maximum atomic E-state index is 14.2. The number of hydrogen-bond donors (Lipinski definition) is 2. The molecule has 0 saturated carbocycles. The lowest BCUT2D eigenvalue weighted by Crippen LogP contribution is -2.62. The first-order chi connectivity index (χ1) is 20.8. The first-order valence-corrected chi connectivity index (χ1v) is 16.5. The van der Waals surface area contributed by atoms with Crippen LogP contribution in [0.3, 0.4) is 0 Å². The van der Waals surface area contributed by atoms with Crippen molar-refractivity contribution in [2.24, 2.45) is 23.2 Å². The molecule has 3 saturated heterocycles. The van der Waals surface area contributed by atoms with Crippen LogP contribution in [0.25, 0.3) is 0 Å². The van der Waals surface area contributed by atoms with Gasteiger partial charge in [-0.15, -0.1) is 0 Å². The molecule has 0 aliphatic carbocycles. The quantitative estimate of drug-likeness (QED) is 0.291. The van der Waals surface area contributed by atoms with Gasteiger partial charge in [0.2, 0.25) is 0 Å². The smallest absolute Gasteiger partial charge is 0.319 e. The van der Waals surface area contributed by atoms with E-state index >= 15 is 0 Å². The average Bonchev–Trinajstić information content (AvgIpc) is 2.91. The number of likely N-dealkylation sites (N-methyl/N-ethyl adjacent to an activating group) is 3. The van der Waals surface area contributed by atoms with Crippen LogP contribution in [-0.2, 0) is 28.5 Å². The van der Waals surface area contributed by atoms with Gasteiger partial charge in [-0.2, -0.15) is 0 Å². The Morgan fingerprint density at radius 3 is 2.24 bits per heavy atom. The summed E-state index contributed by atoms with van der Waals surface area (Å²) in [6.07, 6.45) is -2.26. The van der Waals surface area contributed by atoms with Gasteiger partial charge in [0.1, 0.15) is 24.4 Å². The minimum Gasteiger partial charge on any atom is -0.463 e. The van der Waals surface area contributed by atoms with Crippen molar-refractivity contribution < 1.29 is 38.7 Å². The molecular formula is C33H62N4O8. The van der Waals surface area contributed by atoms with Crippen molar-refractivity contribution in [1.82, 2.24) is 19.6 Å². The fourth-order valence-corrected chi connectivity index (χ4v) is 7.54. The van der Waals surface area contributed by atoms with Gasteiger partial charge in [0.15, 0.2) is 12.1 Å². The lowest BCUT2D eigenvalue weighted by molar-refractivity contribution is -0.295. The predicted octanol–water partition coefficient (Wildman–Crippen LogP) is 1.13. The van der Waals surface area contributed by atoms with Crippen LogP contribution in [0, 0.1) is 23.2 Å². The van der Waals surface area contributed by atoms with Crippen molar-refractivity contribution in [2.75, 3.05) is 75.1 Å². The summed E-state index contributed by atoms with van der Waals surface area (Å²) in [4.78, 5) is 36.0. The molecule has 3 rings (SSSR count). The molecule has 0 amide bonds. The molecule has 3 aliphatic heterocycles. The molecule has 10 atom stereocenters. The van der Waals surface area contributed by atoms with Crippen molar-refractivity contribution in [3.05, 3.63) is 0 Å². The Bertz CT molecular complexity index is 992. The molecule has 0 radical (unpaired) electrons. The van der Waals surface area contributed by atoms with Crippen LogP contribution in [0.5, 0.6) is 0 Å². The summed E-state index contributed by atoms with van der Waals surface area (Å²) in [5, 5.41) is 21.9. The zero-order valence-electron chi connectivity index (χ0n) is 29.9. The minimum atomic E-state index is -1.45. The van der Waals surface area contributed by atoms with E-state index in [4.69, 9.17) is 18.9 Å². The van der Waals surface area contributed by atoms with E-state index in [0.717, 1.165) is 0 Å². The number of likely N-dealkylation sites (tertiary alicyclic amines) is 1. The number of rotatable bonds is 8. The van der Waals surface area contributed by atoms with E-state index in [2.05, 4.69) is 11.8 Å². The average molecular weight is 643 g/mol. The molecule has 2 N–H and O–H groups in total. The number of hydrogen-bond acceptors (Lipinski definition) is 12. The summed E-state index contributed by atoms with van der Waals surface area (Å²) >= 11 is 0. The summed E-state index contributed by atoms with van der Waals surface area (Å²) in [5.74, 6) is -1.37. The van der Waals surface area contributed by atoms with Gasteiger partial charge < -0.3 is 39.0 Å². The van der Waals surface area contributed by atoms with E-state index in [1.54, 1.807) is 27.9 Å². The molecular weight excluding hydrogens is 580 g/mol. The van der Waals surface area contributed by atoms with Gasteiger partial charge in [-0.25, -0.2) is 0 Å². The second-order valence-corrected chi connectivity index (χ2v) is 15.3. The topological polar surface area (TPSA) is 124 Å². The third-order valence-electron chi connectivity index (χ3n) is 10.4. The summed E-state index contributed by atoms with van der Waals surface area (Å²) in [5.41, 5.74) is -2.39. The molecule has 0 spiro atoms. The Kier molecular flexibility index (Phi) is 13.0. The van der Waals surface area contributed by atoms with E-state index in [1.165, 1.54) is 0 Å². The van der Waals surface area contributed by atoms with Gasteiger partial charge in [-0.05, 0) is 81.7 Å². The summed E-state index contributed by atoms with van der Waals surface area (Å²) in [6, 6.07) is -0.268. The molecule has 0 aromatic rings. The highest BCUT2D eigenvalue weighted by Gasteiger charge is 2.52. The highest BCUT2D eigenvalue weighted by atomic mass is 16.7. The molecule has 3 fully saturated rings. The second-order valence-electron chi connectivity index (χ2n) is 15.3. The molecule has 12 heteroatoms. The van der Waals surface area contributed by atoms with E-state index in [9.17, 15) is 19.8 Å². The number of ether oxygens (including phenoxy) is 4. The number of nitrogens with zero attached hydrogens (tertiary/aromatic N) is 4. The van der Waals surface area contributed by atoms with E-state index in [0.29, 0.717) is 39.0 Å². The number of carbonyl (C=O) groups is 2. The van der Waals surface area contributed by atoms with Gasteiger partial charge in [0, 0.05) is 57.2 Å². The second kappa shape index (κ2) is 15.3. The molecule has 0 aromatic carbocycles. The zero-order valence-corrected chi connectivity index (χ0v) is 29.9. The number of carbonyl (C=O) groups excluding carboxylic acids is 2. The zero-order chi connectivity index (χ0) is 34.0. The van der Waals surface area contributed by atoms with Crippen molar-refractivity contribution in [1.29, 1.82) is 0 Å². The molecule has 45 heavy (non-hydrogen) atoms. The number of aliphatic hydroxyl groups excluding tert-OH is 2. The van der Waals surface area contributed by atoms with Crippen molar-refractivity contribution in [3.63, 3.8) is 0 Å². The van der Waals surface area contributed by atoms with Crippen molar-refractivity contribution in [3.8, 4) is 0 Å². The van der Waals surface area contributed by atoms with Gasteiger partial charge >= 0.3 is 5.97 Å². The van der Waals surface area contributed by atoms with Crippen LogP contribution >= 0.6 is 0 Å². The van der Waals surface area contributed by atoms with Crippen LogP contribution in [0.15, 0.2) is 0 Å². The molecule has 0 bridgehead atoms. The predicted molar refractivity (Wildman–Crippen MR) is 171 cm³/mol. The number of methoxy groups -OCH3 is 1. The summed E-state index contributed by atoms with van der Waals surface area (Å²) in [6.45, 7) is 13.8. The first-order valence-electron chi connectivity index (χ1n) is 16.5. The summed E-state index contributed by atoms with van der Waals surface area (Å²) < 4.78 is 24.9. The Hall–Kier alpha value is -1.22. The van der Waals surface area contributed by atoms with Crippen LogP contribution in [0.4, 0.5) is 0 Å². The third-order valence-corrected chi connectivity index (χ3v) is 10.4. The van der Waals surface area contributed by atoms with Crippen molar-refractivity contribution >= 4 is 11.8 Å². The van der Waals surface area contributed by atoms with Crippen LogP contribution < -0.4 is 0 Å². The third kappa shape index (κ3) is 8.83. The maximum Gasteiger partial charge on any atom is 0.319 e. The lowest BCUT2D eigenvalue weighted by Gasteiger charge is -2.48. The van der Waals surface area contributed by atoms with Crippen LogP contribution in [-0.4, -0.2) is 165 Å². The van der Waals surface area contributed by atoms with E-state index < -0.39 is 47.6 Å². The van der Waals surface area contributed by atoms with Crippen molar-refractivity contribution in [2.45, 2.75) is 103 Å². The minimum absolute atomic E-state index is 0.0839. The Morgan fingerprint density at radius 1 is 1.07 bits per heavy atom. The Morgan fingerprint density at radius 2 is 1.69 bits per heavy atom. The van der Waals surface area contributed by atoms with Gasteiger partial charge in [0.05, 0.1) is 17.8 Å². The number of esters is 1. The number of ketones is 1. The molecule has 262 valence electrons.